The van der Waals surface area contributed by atoms with Crippen LogP contribution in [0, 0.1) is 0 Å². The lowest BCUT2D eigenvalue weighted by Crippen LogP contribution is -2.92. The van der Waals surface area contributed by atoms with Gasteiger partial charge in [0.15, 0.2) is 0 Å². The summed E-state index contributed by atoms with van der Waals surface area (Å²) in [5, 5.41) is -1.11. The maximum atomic E-state index is 13.1. The Balaban J connectivity index is 3.52. The first-order valence-electron chi connectivity index (χ1n) is 8.75. The van der Waals surface area contributed by atoms with Gasteiger partial charge >= 0.3 is 6.09 Å². The molecule has 0 saturated carbocycles. The van der Waals surface area contributed by atoms with Crippen molar-refractivity contribution in [3.05, 3.63) is 0 Å². The number of amides is 1. The number of ether oxygens (including phenoxy) is 1. The van der Waals surface area contributed by atoms with Gasteiger partial charge in [-0.3, -0.25) is 0 Å². The van der Waals surface area contributed by atoms with E-state index < -0.39 is 5.60 Å². The number of likely N-dealkylation sites (N-methyl/N-ethyl adjacent to an activating group) is 1. The molecule has 0 aromatic heterocycles. The van der Waals surface area contributed by atoms with Crippen molar-refractivity contribution in [1.29, 1.82) is 0 Å². The number of carbonyl (C=O) groups is 1. The third kappa shape index (κ3) is 3.05. The van der Waals surface area contributed by atoms with Crippen LogP contribution < -0.4 is 0 Å². The molecule has 120 valence electrons. The fraction of sp³-hybridized carbons (Fsp3) is 0.909. The van der Waals surface area contributed by atoms with Crippen molar-refractivity contribution in [2.45, 2.75) is 54.6 Å². The molecule has 0 aromatic rings. The Labute approximate surface area is 149 Å². The van der Waals surface area contributed by atoms with Gasteiger partial charge in [-0.15, -0.1) is 0 Å². The predicted molar refractivity (Wildman–Crippen MR) is 120 cm³/mol. The molecule has 0 aromatic carbocycles. The molecule has 1 heterocycles. The molecule has 0 spiro atoms. The minimum Gasteiger partial charge on any atom is -0.444 e. The molecular formula is C11H30B8N2O2. The van der Waals surface area contributed by atoms with E-state index in [1.807, 2.05) is 25.7 Å². The SMILES string of the molecule is BC1(B)N(CC)C(B)(B)C(B)(B)N(C(=O)OC(C)(C)C)C1(B)B. The highest BCUT2D eigenvalue weighted by atomic mass is 16.6. The van der Waals surface area contributed by atoms with E-state index in [2.05, 4.69) is 74.6 Å². The van der Waals surface area contributed by atoms with Crippen LogP contribution in [-0.2, 0) is 4.74 Å². The number of rotatable bonds is 1. The average molecular weight is 309 g/mol. The third-order valence-corrected chi connectivity index (χ3v) is 6.35. The summed E-state index contributed by atoms with van der Waals surface area (Å²) in [6.45, 7) is 8.89. The summed E-state index contributed by atoms with van der Waals surface area (Å²) >= 11 is 0. The minimum atomic E-state index is -0.501. The Morgan fingerprint density at radius 1 is 0.870 bits per heavy atom. The van der Waals surface area contributed by atoms with E-state index in [1.165, 1.54) is 0 Å². The van der Waals surface area contributed by atoms with Gasteiger partial charge in [0.2, 0.25) is 0 Å². The zero-order valence-electron chi connectivity index (χ0n) is 17.4. The first kappa shape index (κ1) is 20.8. The third-order valence-electron chi connectivity index (χ3n) is 6.35. The van der Waals surface area contributed by atoms with E-state index in [4.69, 9.17) is 4.74 Å². The molecule has 1 amide bonds. The van der Waals surface area contributed by atoms with Crippen molar-refractivity contribution in [3.8, 4) is 0 Å². The summed E-state index contributed by atoms with van der Waals surface area (Å²) in [6.07, 6.45) is -0.232. The van der Waals surface area contributed by atoms with Gasteiger partial charge in [0.1, 0.15) is 68.4 Å². The molecule has 1 fully saturated rings. The van der Waals surface area contributed by atoms with Crippen molar-refractivity contribution in [2.75, 3.05) is 6.54 Å². The smallest absolute Gasteiger partial charge is 0.408 e. The zero-order valence-corrected chi connectivity index (χ0v) is 17.4. The van der Waals surface area contributed by atoms with Gasteiger partial charge in [-0.2, -0.15) is 0 Å². The van der Waals surface area contributed by atoms with Crippen molar-refractivity contribution >= 4 is 68.9 Å². The fourth-order valence-electron chi connectivity index (χ4n) is 4.16. The second kappa shape index (κ2) is 5.64. The van der Waals surface area contributed by atoms with Crippen molar-refractivity contribution in [2.24, 2.45) is 0 Å². The highest BCUT2D eigenvalue weighted by Gasteiger charge is 2.63. The zero-order chi connectivity index (χ0) is 18.6. The molecule has 0 aliphatic carbocycles. The standard InChI is InChI=1S/C11H30B8N2O2/c1-5-20-8(12,13)10(16,17)21(6(22)23-7(2,3)4)11(18,19)9(20,14)15/h5,12-19H2,1-4H3. The van der Waals surface area contributed by atoms with Crippen LogP contribution >= 0.6 is 0 Å². The molecule has 1 aliphatic heterocycles. The Morgan fingerprint density at radius 3 is 1.48 bits per heavy atom. The van der Waals surface area contributed by atoms with Gasteiger partial charge in [0.25, 0.3) is 0 Å². The van der Waals surface area contributed by atoms with E-state index in [9.17, 15) is 4.79 Å². The molecule has 4 nitrogen and oxygen atoms in total. The predicted octanol–water partition coefficient (Wildman–Crippen LogP) is -6.76. The Morgan fingerprint density at radius 2 is 1.22 bits per heavy atom. The molecule has 1 rings (SSSR count). The molecule has 12 heteroatoms. The van der Waals surface area contributed by atoms with Gasteiger partial charge < -0.3 is 14.5 Å². The number of hydrogen-bond donors (Lipinski definition) is 0. The van der Waals surface area contributed by atoms with Crippen LogP contribution in [0.25, 0.3) is 0 Å². The molecule has 1 aliphatic rings. The van der Waals surface area contributed by atoms with E-state index in [0.29, 0.717) is 0 Å². The molecule has 0 unspecified atom stereocenters. The molecular weight excluding hydrogens is 279 g/mol. The monoisotopic (exact) mass is 310 g/mol. The number of nitrogens with zero attached hydrogens (tertiary/aromatic N) is 2. The van der Waals surface area contributed by atoms with Gasteiger partial charge in [-0.1, -0.05) is 6.92 Å². The number of carbonyl (C=O) groups excluding carboxylic acids is 1. The maximum absolute atomic E-state index is 13.1. The molecule has 23 heavy (non-hydrogen) atoms. The highest BCUT2D eigenvalue weighted by Crippen LogP contribution is 2.42. The van der Waals surface area contributed by atoms with Crippen LogP contribution in [0.3, 0.4) is 0 Å². The largest absolute Gasteiger partial charge is 0.444 e. The van der Waals surface area contributed by atoms with E-state index in [1.54, 1.807) is 0 Å². The van der Waals surface area contributed by atoms with Crippen molar-refractivity contribution < 1.29 is 9.53 Å². The Bertz CT molecular complexity index is 461. The summed E-state index contributed by atoms with van der Waals surface area (Å²) in [6, 6.07) is 0. The molecule has 1 saturated heterocycles. The van der Waals surface area contributed by atoms with Gasteiger partial charge in [-0.25, -0.2) is 4.79 Å². The molecule has 0 atom stereocenters. The average Bonchev–Trinajstić information content (AvgIpc) is 2.23. The van der Waals surface area contributed by atoms with Crippen molar-refractivity contribution in [1.82, 2.24) is 9.80 Å². The summed E-state index contributed by atoms with van der Waals surface area (Å²) in [5.41, 5.74) is -0.501. The van der Waals surface area contributed by atoms with Crippen LogP contribution in [0.15, 0.2) is 0 Å². The van der Waals surface area contributed by atoms with Crippen LogP contribution in [0.4, 0.5) is 4.79 Å². The number of piperazine rings is 1. The van der Waals surface area contributed by atoms with Crippen LogP contribution in [0.1, 0.15) is 27.7 Å². The minimum absolute atomic E-state index is 0.183. The van der Waals surface area contributed by atoms with Gasteiger partial charge in [0, 0.05) is 0 Å². The second-order valence-corrected chi connectivity index (χ2v) is 9.80. The van der Waals surface area contributed by atoms with Crippen molar-refractivity contribution in [3.63, 3.8) is 0 Å². The Hall–Kier alpha value is -0.251. The Kier molecular flexibility index (Phi) is 5.10. The quantitative estimate of drug-likeness (QED) is 0.452. The van der Waals surface area contributed by atoms with Gasteiger partial charge in [-0.05, 0) is 48.7 Å². The molecule has 0 radical (unpaired) electrons. The number of hydrogen-bond acceptors (Lipinski definition) is 3. The summed E-state index contributed by atoms with van der Waals surface area (Å²) in [7, 11) is 17.5. The lowest BCUT2D eigenvalue weighted by molar-refractivity contribution is -0.0394. The van der Waals surface area contributed by atoms with E-state index in [-0.39, 0.29) is 27.4 Å². The normalized spacial score (nSPS) is 25.7. The molecule has 0 bridgehead atoms. The first-order chi connectivity index (χ1) is 9.94. The maximum Gasteiger partial charge on any atom is 0.408 e. The molecule has 0 N–H and O–H groups in total. The lowest BCUT2D eigenvalue weighted by atomic mass is 9.26. The lowest BCUT2D eigenvalue weighted by Gasteiger charge is -2.73. The summed E-state index contributed by atoms with van der Waals surface area (Å²) in [4.78, 5) is 17.6. The fourth-order valence-corrected chi connectivity index (χ4v) is 4.16. The summed E-state index contributed by atoms with van der Waals surface area (Å²) in [5.74, 6) is 0. The van der Waals surface area contributed by atoms with Gasteiger partial charge in [0.05, 0.1) is 0 Å². The van der Waals surface area contributed by atoms with E-state index in [0.717, 1.165) is 6.54 Å². The summed E-state index contributed by atoms with van der Waals surface area (Å²) < 4.78 is 5.77. The van der Waals surface area contributed by atoms with Crippen LogP contribution in [0.5, 0.6) is 0 Å². The second-order valence-electron chi connectivity index (χ2n) is 9.80. The van der Waals surface area contributed by atoms with Crippen LogP contribution in [0.2, 0.25) is 0 Å². The first-order valence-corrected chi connectivity index (χ1v) is 8.75. The van der Waals surface area contributed by atoms with Crippen LogP contribution in [-0.4, -0.2) is 112 Å². The topological polar surface area (TPSA) is 32.8 Å². The van der Waals surface area contributed by atoms with E-state index >= 15 is 0 Å². The highest BCUT2D eigenvalue weighted by molar-refractivity contribution is 6.60.